The van der Waals surface area contributed by atoms with Crippen molar-refractivity contribution in [3.63, 3.8) is 0 Å². The van der Waals surface area contributed by atoms with Gasteiger partial charge in [0.15, 0.2) is 0 Å². The monoisotopic (exact) mass is 231 g/mol. The predicted octanol–water partition coefficient (Wildman–Crippen LogP) is 2.90. The number of nitrogens with one attached hydrogen (secondary N) is 1. The molecular weight excluding hydrogens is 218 g/mol. The van der Waals surface area contributed by atoms with Gasteiger partial charge in [-0.05, 0) is 25.1 Å². The van der Waals surface area contributed by atoms with E-state index in [0.29, 0.717) is 12.1 Å². The average Bonchev–Trinajstić information content (AvgIpc) is 2.76. The van der Waals surface area contributed by atoms with Crippen molar-refractivity contribution in [3.8, 4) is 0 Å². The van der Waals surface area contributed by atoms with E-state index in [1.807, 2.05) is 31.2 Å². The molecule has 0 amide bonds. The third-order valence-electron chi connectivity index (χ3n) is 2.48. The Morgan fingerprint density at radius 2 is 2.00 bits per heavy atom. The number of carboxylic acid groups (broad SMARTS) is 1. The highest BCUT2D eigenvalue weighted by Crippen LogP contribution is 2.14. The van der Waals surface area contributed by atoms with E-state index >= 15 is 0 Å². The molecule has 4 nitrogen and oxygen atoms in total. The summed E-state index contributed by atoms with van der Waals surface area (Å²) in [7, 11) is 0. The Labute approximate surface area is 98.9 Å². The molecule has 0 unspecified atom stereocenters. The van der Waals surface area contributed by atoms with E-state index in [1.54, 1.807) is 6.07 Å². The molecule has 1 aromatic heterocycles. The second-order valence-corrected chi connectivity index (χ2v) is 3.80. The molecule has 0 spiro atoms. The molecule has 0 saturated heterocycles. The highest BCUT2D eigenvalue weighted by Gasteiger charge is 2.13. The molecule has 0 aliphatic carbocycles. The average molecular weight is 231 g/mol. The molecule has 0 atom stereocenters. The summed E-state index contributed by atoms with van der Waals surface area (Å²) in [5, 5.41) is 12.0. The van der Waals surface area contributed by atoms with Crippen molar-refractivity contribution in [2.24, 2.45) is 0 Å². The standard InChI is InChI=1S/C13H13NO3/c1-9-2-4-11(5-3-9)14-8-10-6-7-17-12(10)13(15)16/h2-7,14H,8H2,1H3,(H,15,16). The van der Waals surface area contributed by atoms with E-state index in [2.05, 4.69) is 5.32 Å². The van der Waals surface area contributed by atoms with Crippen LogP contribution in [0.25, 0.3) is 0 Å². The minimum Gasteiger partial charge on any atom is -0.475 e. The smallest absolute Gasteiger partial charge is 0.372 e. The lowest BCUT2D eigenvalue weighted by atomic mass is 10.2. The van der Waals surface area contributed by atoms with Crippen LogP contribution in [-0.4, -0.2) is 11.1 Å². The molecule has 0 radical (unpaired) electrons. The van der Waals surface area contributed by atoms with E-state index in [9.17, 15) is 4.79 Å². The van der Waals surface area contributed by atoms with Gasteiger partial charge in [-0.15, -0.1) is 0 Å². The molecule has 0 saturated carbocycles. The third-order valence-corrected chi connectivity index (χ3v) is 2.48. The highest BCUT2D eigenvalue weighted by atomic mass is 16.4. The summed E-state index contributed by atoms with van der Waals surface area (Å²) < 4.78 is 4.89. The Morgan fingerprint density at radius 3 is 2.65 bits per heavy atom. The zero-order valence-corrected chi connectivity index (χ0v) is 9.43. The van der Waals surface area contributed by atoms with Crippen LogP contribution in [0.15, 0.2) is 41.0 Å². The maximum absolute atomic E-state index is 10.8. The van der Waals surface area contributed by atoms with Crippen LogP contribution >= 0.6 is 0 Å². The van der Waals surface area contributed by atoms with E-state index < -0.39 is 5.97 Å². The topological polar surface area (TPSA) is 62.5 Å². The fraction of sp³-hybridized carbons (Fsp3) is 0.154. The first-order valence-corrected chi connectivity index (χ1v) is 5.27. The number of carboxylic acids is 1. The van der Waals surface area contributed by atoms with Crippen LogP contribution in [-0.2, 0) is 6.54 Å². The molecule has 0 bridgehead atoms. The van der Waals surface area contributed by atoms with Crippen LogP contribution in [0, 0.1) is 6.92 Å². The van der Waals surface area contributed by atoms with E-state index in [1.165, 1.54) is 11.8 Å². The first-order valence-electron chi connectivity index (χ1n) is 5.27. The SMILES string of the molecule is Cc1ccc(NCc2ccoc2C(=O)O)cc1. The van der Waals surface area contributed by atoms with Gasteiger partial charge in [0.2, 0.25) is 5.76 Å². The van der Waals surface area contributed by atoms with Gasteiger partial charge in [0.1, 0.15) is 0 Å². The summed E-state index contributed by atoms with van der Waals surface area (Å²) in [6.45, 7) is 2.45. The second kappa shape index (κ2) is 4.74. The Balaban J connectivity index is 2.05. The molecule has 2 aromatic rings. The molecule has 17 heavy (non-hydrogen) atoms. The molecule has 2 N–H and O–H groups in total. The van der Waals surface area contributed by atoms with Crippen molar-refractivity contribution in [1.29, 1.82) is 0 Å². The van der Waals surface area contributed by atoms with E-state index in [-0.39, 0.29) is 5.76 Å². The van der Waals surface area contributed by atoms with Crippen LogP contribution in [0.1, 0.15) is 21.7 Å². The minimum absolute atomic E-state index is 0.00962. The van der Waals surface area contributed by atoms with Crippen molar-refractivity contribution in [2.45, 2.75) is 13.5 Å². The van der Waals surface area contributed by atoms with Crippen LogP contribution in [0.2, 0.25) is 0 Å². The van der Waals surface area contributed by atoms with Gasteiger partial charge in [0.05, 0.1) is 6.26 Å². The number of hydrogen-bond donors (Lipinski definition) is 2. The van der Waals surface area contributed by atoms with Crippen LogP contribution in [0.3, 0.4) is 0 Å². The lowest BCUT2D eigenvalue weighted by molar-refractivity contribution is 0.0661. The minimum atomic E-state index is -1.05. The van der Waals surface area contributed by atoms with Gasteiger partial charge in [-0.25, -0.2) is 4.79 Å². The molecule has 4 heteroatoms. The summed E-state index contributed by atoms with van der Waals surface area (Å²) in [4.78, 5) is 10.8. The number of hydrogen-bond acceptors (Lipinski definition) is 3. The zero-order chi connectivity index (χ0) is 12.3. The Bertz CT molecular complexity index is 514. The number of benzene rings is 1. The van der Waals surface area contributed by atoms with Crippen molar-refractivity contribution >= 4 is 11.7 Å². The molecule has 0 aliphatic heterocycles. The van der Waals surface area contributed by atoms with Crippen LogP contribution in [0.4, 0.5) is 5.69 Å². The maximum Gasteiger partial charge on any atom is 0.372 e. The number of carbonyl (C=O) groups is 1. The van der Waals surface area contributed by atoms with Gasteiger partial charge >= 0.3 is 5.97 Å². The van der Waals surface area contributed by atoms with Gasteiger partial charge in [-0.3, -0.25) is 0 Å². The maximum atomic E-state index is 10.8. The molecule has 2 rings (SSSR count). The summed E-state index contributed by atoms with van der Waals surface area (Å²) in [6, 6.07) is 9.56. The van der Waals surface area contributed by atoms with Crippen molar-refractivity contribution in [2.75, 3.05) is 5.32 Å². The van der Waals surface area contributed by atoms with Crippen molar-refractivity contribution < 1.29 is 14.3 Å². The van der Waals surface area contributed by atoms with Gasteiger partial charge in [-0.2, -0.15) is 0 Å². The van der Waals surface area contributed by atoms with Gasteiger partial charge in [0.25, 0.3) is 0 Å². The Morgan fingerprint density at radius 1 is 1.29 bits per heavy atom. The highest BCUT2D eigenvalue weighted by molar-refractivity contribution is 5.86. The molecule has 0 fully saturated rings. The van der Waals surface area contributed by atoms with E-state index in [4.69, 9.17) is 9.52 Å². The lowest BCUT2D eigenvalue weighted by Gasteiger charge is -2.05. The predicted molar refractivity (Wildman–Crippen MR) is 64.2 cm³/mol. The zero-order valence-electron chi connectivity index (χ0n) is 9.43. The quantitative estimate of drug-likeness (QED) is 0.849. The fourth-order valence-corrected chi connectivity index (χ4v) is 1.53. The summed E-state index contributed by atoms with van der Waals surface area (Å²) >= 11 is 0. The normalized spacial score (nSPS) is 10.2. The summed E-state index contributed by atoms with van der Waals surface area (Å²) in [6.07, 6.45) is 1.38. The first-order chi connectivity index (χ1) is 8.16. The third kappa shape index (κ3) is 2.66. The molecule has 88 valence electrons. The fourth-order valence-electron chi connectivity index (χ4n) is 1.53. The number of furan rings is 1. The van der Waals surface area contributed by atoms with E-state index in [0.717, 1.165) is 5.69 Å². The van der Waals surface area contributed by atoms with Gasteiger partial charge in [0, 0.05) is 17.8 Å². The Kier molecular flexibility index (Phi) is 3.14. The molecular formula is C13H13NO3. The number of rotatable bonds is 4. The summed E-state index contributed by atoms with van der Waals surface area (Å²) in [5.41, 5.74) is 2.77. The van der Waals surface area contributed by atoms with Crippen LogP contribution < -0.4 is 5.32 Å². The van der Waals surface area contributed by atoms with Crippen molar-refractivity contribution in [3.05, 3.63) is 53.5 Å². The second-order valence-electron chi connectivity index (χ2n) is 3.80. The molecule has 1 heterocycles. The van der Waals surface area contributed by atoms with Crippen molar-refractivity contribution in [1.82, 2.24) is 0 Å². The number of anilines is 1. The van der Waals surface area contributed by atoms with Gasteiger partial charge < -0.3 is 14.8 Å². The molecule has 0 aliphatic rings. The lowest BCUT2D eigenvalue weighted by Crippen LogP contribution is -2.04. The van der Waals surface area contributed by atoms with Gasteiger partial charge in [-0.1, -0.05) is 17.7 Å². The summed E-state index contributed by atoms with van der Waals surface area (Å²) in [5.74, 6) is -1.06. The number of aromatic carboxylic acids is 1. The Hall–Kier alpha value is -2.23. The largest absolute Gasteiger partial charge is 0.475 e. The molecule has 1 aromatic carbocycles. The first kappa shape index (κ1) is 11.3. The van der Waals surface area contributed by atoms with Crippen LogP contribution in [0.5, 0.6) is 0 Å². The number of aryl methyl sites for hydroxylation is 1.